The number of rotatable bonds is 7. The van der Waals surface area contributed by atoms with Gasteiger partial charge in [-0.3, -0.25) is 4.79 Å². The third-order valence-electron chi connectivity index (χ3n) is 2.35. The molecule has 0 aliphatic rings. The van der Waals surface area contributed by atoms with Crippen molar-refractivity contribution in [2.75, 3.05) is 16.8 Å². The van der Waals surface area contributed by atoms with Gasteiger partial charge in [0.1, 0.15) is 5.56 Å². The number of nitrogens with one attached hydrogen (secondary N) is 1. The zero-order valence-corrected chi connectivity index (χ0v) is 14.3. The molecule has 0 bridgehead atoms. The second kappa shape index (κ2) is 8.75. The normalized spacial score (nSPS) is 11.9. The van der Waals surface area contributed by atoms with Gasteiger partial charge in [0.2, 0.25) is 11.8 Å². The lowest BCUT2D eigenvalue weighted by molar-refractivity contribution is -0.139. The van der Waals surface area contributed by atoms with Crippen LogP contribution in [0.15, 0.2) is 6.07 Å². The van der Waals surface area contributed by atoms with E-state index in [1.165, 1.54) is 13.8 Å². The van der Waals surface area contributed by atoms with Crippen molar-refractivity contribution in [2.45, 2.75) is 32.4 Å². The molecule has 3 N–H and O–H groups in total. The maximum atomic E-state index is 13.0. The number of nitrogens with zero attached hydrogens (tertiary/aromatic N) is 1. The highest BCUT2D eigenvalue weighted by Gasteiger charge is 2.37. The summed E-state index contributed by atoms with van der Waals surface area (Å²) >= 11 is 6.68. The van der Waals surface area contributed by atoms with E-state index >= 15 is 0 Å². The van der Waals surface area contributed by atoms with E-state index in [1.807, 2.05) is 0 Å². The summed E-state index contributed by atoms with van der Waals surface area (Å²) in [6, 6.07) is 0.631. The summed E-state index contributed by atoms with van der Waals surface area (Å²) in [7, 11) is 0. The third kappa shape index (κ3) is 6.71. The Balaban J connectivity index is 2.97. The number of amides is 1. The molecule has 1 aromatic rings. The molecule has 24 heavy (non-hydrogen) atoms. The van der Waals surface area contributed by atoms with Crippen LogP contribution in [0.3, 0.4) is 0 Å². The van der Waals surface area contributed by atoms with E-state index in [2.05, 4.69) is 10.3 Å². The molecule has 1 heterocycles. The Morgan fingerprint density at radius 2 is 2.08 bits per heavy atom. The molecule has 136 valence electrons. The summed E-state index contributed by atoms with van der Waals surface area (Å²) in [4.78, 5) is 15.4. The van der Waals surface area contributed by atoms with Crippen molar-refractivity contribution >= 4 is 35.1 Å². The number of aliphatic hydroxyl groups excluding tert-OH is 1. The van der Waals surface area contributed by atoms with Gasteiger partial charge in [-0.1, -0.05) is 11.6 Å². The minimum atomic E-state index is -4.71. The molecule has 1 rings (SSSR count). The lowest BCUT2D eigenvalue weighted by atomic mass is 10.2. The van der Waals surface area contributed by atoms with Crippen molar-refractivity contribution in [1.29, 1.82) is 0 Å². The van der Waals surface area contributed by atoms with Crippen LogP contribution in [-0.4, -0.2) is 45.0 Å². The van der Waals surface area contributed by atoms with E-state index in [9.17, 15) is 18.0 Å². The number of alkyl halides is 3. The van der Waals surface area contributed by atoms with Crippen LogP contribution in [0.4, 0.5) is 19.0 Å². The molecule has 1 amide bonds. The molecule has 0 radical (unpaired) electrons. The summed E-state index contributed by atoms with van der Waals surface area (Å²) in [6.45, 7) is 3.07. The smallest absolute Gasteiger partial charge is 0.421 e. The molecule has 0 saturated carbocycles. The molecule has 0 fully saturated rings. The van der Waals surface area contributed by atoms with Crippen molar-refractivity contribution in [1.82, 2.24) is 4.98 Å². The number of hydrogen-bond donors (Lipinski definition) is 3. The summed E-state index contributed by atoms with van der Waals surface area (Å²) in [5, 5.41) is 19.2. The number of halogens is 4. The Kier molecular flexibility index (Phi) is 7.58. The highest BCUT2D eigenvalue weighted by molar-refractivity contribution is 8.00. The van der Waals surface area contributed by atoms with Crippen LogP contribution < -0.4 is 10.1 Å². The number of carbonyl (C=O) groups is 1. The average Bonchev–Trinajstić information content (AvgIpc) is 2.39. The highest BCUT2D eigenvalue weighted by atomic mass is 35.5. The third-order valence-corrected chi connectivity index (χ3v) is 3.64. The second-order valence-electron chi connectivity index (χ2n) is 4.88. The van der Waals surface area contributed by atoms with Crippen molar-refractivity contribution in [3.63, 3.8) is 0 Å². The zero-order valence-electron chi connectivity index (χ0n) is 12.7. The number of aliphatic hydroxyl groups is 2. The van der Waals surface area contributed by atoms with Crippen LogP contribution in [0.1, 0.15) is 19.4 Å². The number of thioether (sulfide) groups is 1. The molecule has 11 heteroatoms. The molecule has 0 spiro atoms. The summed E-state index contributed by atoms with van der Waals surface area (Å²) in [5.41, 5.74) is -1.14. The van der Waals surface area contributed by atoms with Crippen LogP contribution in [-0.2, 0) is 11.0 Å². The van der Waals surface area contributed by atoms with Gasteiger partial charge in [0.05, 0.1) is 16.9 Å². The van der Waals surface area contributed by atoms with E-state index < -0.39 is 35.9 Å². The second-order valence-corrected chi connectivity index (χ2v) is 6.32. The SMILES string of the molecule is CC(C)Oc1nc(NC(=O)CSCC(O)O)c(Cl)cc1C(F)(F)F. The van der Waals surface area contributed by atoms with Gasteiger partial charge in [0.25, 0.3) is 0 Å². The van der Waals surface area contributed by atoms with E-state index in [0.717, 1.165) is 11.8 Å². The van der Waals surface area contributed by atoms with Gasteiger partial charge in [-0.2, -0.15) is 18.2 Å². The number of anilines is 1. The minimum Gasteiger partial charge on any atom is -0.474 e. The molecular formula is C13H16ClF3N2O4S. The van der Waals surface area contributed by atoms with Gasteiger partial charge in [-0.25, -0.2) is 0 Å². The van der Waals surface area contributed by atoms with Gasteiger partial charge >= 0.3 is 6.18 Å². The Morgan fingerprint density at radius 1 is 1.46 bits per heavy atom. The van der Waals surface area contributed by atoms with Crippen molar-refractivity contribution in [2.24, 2.45) is 0 Å². The fourth-order valence-corrected chi connectivity index (χ4v) is 2.29. The number of carbonyl (C=O) groups excluding carboxylic acids is 1. The first-order valence-corrected chi connectivity index (χ1v) is 8.22. The van der Waals surface area contributed by atoms with Gasteiger partial charge in [-0.15, -0.1) is 11.8 Å². The first-order valence-electron chi connectivity index (χ1n) is 6.68. The molecule has 0 unspecified atom stereocenters. The highest BCUT2D eigenvalue weighted by Crippen LogP contribution is 2.39. The molecule has 1 aromatic heterocycles. The number of aromatic nitrogens is 1. The van der Waals surface area contributed by atoms with E-state index in [4.69, 9.17) is 26.6 Å². The monoisotopic (exact) mass is 388 g/mol. The Bertz CT molecular complexity index is 585. The van der Waals surface area contributed by atoms with Gasteiger partial charge in [-0.05, 0) is 19.9 Å². The first kappa shape index (κ1) is 20.8. The van der Waals surface area contributed by atoms with Crippen molar-refractivity contribution < 1.29 is 32.9 Å². The van der Waals surface area contributed by atoms with Gasteiger partial charge in [0, 0.05) is 5.75 Å². The topological polar surface area (TPSA) is 91.7 Å². The number of hydrogen-bond acceptors (Lipinski definition) is 6. The summed E-state index contributed by atoms with van der Waals surface area (Å²) < 4.78 is 44.0. The zero-order chi connectivity index (χ0) is 18.5. The Morgan fingerprint density at radius 3 is 2.58 bits per heavy atom. The molecule has 0 aromatic carbocycles. The quantitative estimate of drug-likeness (QED) is 0.622. The minimum absolute atomic E-state index is 0.0939. The summed E-state index contributed by atoms with van der Waals surface area (Å²) in [5.74, 6) is -1.81. The van der Waals surface area contributed by atoms with E-state index in [-0.39, 0.29) is 22.3 Å². The van der Waals surface area contributed by atoms with Crippen LogP contribution in [0.25, 0.3) is 0 Å². The number of ether oxygens (including phenoxy) is 1. The predicted octanol–water partition coefficient (Wildman–Crippen LogP) is 2.52. The molecule has 0 atom stereocenters. The van der Waals surface area contributed by atoms with Crippen LogP contribution in [0.5, 0.6) is 5.88 Å². The fraction of sp³-hybridized carbons (Fsp3) is 0.538. The molecule has 0 saturated heterocycles. The van der Waals surface area contributed by atoms with E-state index in [1.54, 1.807) is 0 Å². The molecule has 6 nitrogen and oxygen atoms in total. The maximum absolute atomic E-state index is 13.0. The lowest BCUT2D eigenvalue weighted by Gasteiger charge is -2.17. The molecular weight excluding hydrogens is 373 g/mol. The van der Waals surface area contributed by atoms with Gasteiger partial charge in [0.15, 0.2) is 12.1 Å². The predicted molar refractivity (Wildman–Crippen MR) is 84.2 cm³/mol. The Hall–Kier alpha value is -1.23. The van der Waals surface area contributed by atoms with Gasteiger partial charge < -0.3 is 20.3 Å². The van der Waals surface area contributed by atoms with Crippen LogP contribution in [0.2, 0.25) is 5.02 Å². The van der Waals surface area contributed by atoms with E-state index in [0.29, 0.717) is 6.07 Å². The maximum Gasteiger partial charge on any atom is 0.421 e. The first-order chi connectivity index (χ1) is 11.0. The molecule has 0 aliphatic carbocycles. The largest absolute Gasteiger partial charge is 0.474 e. The lowest BCUT2D eigenvalue weighted by Crippen LogP contribution is -2.19. The Labute approximate surface area is 145 Å². The average molecular weight is 389 g/mol. The molecule has 0 aliphatic heterocycles. The van der Waals surface area contributed by atoms with Crippen LogP contribution in [0, 0.1) is 0 Å². The van der Waals surface area contributed by atoms with Crippen molar-refractivity contribution in [3.05, 3.63) is 16.7 Å². The fourth-order valence-electron chi connectivity index (χ4n) is 1.50. The van der Waals surface area contributed by atoms with Crippen LogP contribution >= 0.6 is 23.4 Å². The number of pyridine rings is 1. The van der Waals surface area contributed by atoms with Crippen molar-refractivity contribution in [3.8, 4) is 5.88 Å². The standard InChI is InChI=1S/C13H16ClF3N2O4S/c1-6(2)23-12-7(13(15,16)17)3-8(14)11(19-12)18-9(20)4-24-5-10(21)22/h3,6,10,21-22H,4-5H2,1-2H3,(H,18,19,20). The summed E-state index contributed by atoms with van der Waals surface area (Å²) in [6.07, 6.45) is -6.84.